The van der Waals surface area contributed by atoms with E-state index in [2.05, 4.69) is 24.2 Å². The number of nitrogens with one attached hydrogen (secondary N) is 1. The Hall–Kier alpha value is -0.0800. The third-order valence-corrected chi connectivity index (χ3v) is 4.69. The zero-order valence-electron chi connectivity index (χ0n) is 11.0. The minimum Gasteiger partial charge on any atom is -0.315 e. The highest BCUT2D eigenvalue weighted by Crippen LogP contribution is 2.30. The first-order valence-electron chi connectivity index (χ1n) is 7.29. The van der Waals surface area contributed by atoms with Crippen molar-refractivity contribution >= 4 is 0 Å². The van der Waals surface area contributed by atoms with Crippen molar-refractivity contribution in [1.29, 1.82) is 0 Å². The zero-order valence-corrected chi connectivity index (χ0v) is 11.0. The van der Waals surface area contributed by atoms with Crippen LogP contribution in [0.2, 0.25) is 0 Å². The molecule has 0 heterocycles. The third kappa shape index (κ3) is 2.60. The van der Waals surface area contributed by atoms with Gasteiger partial charge in [-0.05, 0) is 39.3 Å². The van der Waals surface area contributed by atoms with E-state index in [0.29, 0.717) is 0 Å². The molecular formula is C14H28N2. The summed E-state index contributed by atoms with van der Waals surface area (Å²) < 4.78 is 0. The predicted molar refractivity (Wildman–Crippen MR) is 69.7 cm³/mol. The van der Waals surface area contributed by atoms with E-state index in [0.717, 1.165) is 18.1 Å². The van der Waals surface area contributed by atoms with Crippen molar-refractivity contribution in [2.24, 2.45) is 0 Å². The van der Waals surface area contributed by atoms with Gasteiger partial charge in [0.1, 0.15) is 0 Å². The van der Waals surface area contributed by atoms with Crippen molar-refractivity contribution in [3.05, 3.63) is 0 Å². The highest BCUT2D eigenvalue weighted by atomic mass is 15.2. The summed E-state index contributed by atoms with van der Waals surface area (Å²) in [4.78, 5) is 2.81. The summed E-state index contributed by atoms with van der Waals surface area (Å²) in [5, 5.41) is 3.55. The Labute approximate surface area is 101 Å². The Morgan fingerprint density at radius 2 is 1.62 bits per heavy atom. The number of likely N-dealkylation sites (N-methyl/N-ethyl adjacent to an activating group) is 2. The third-order valence-electron chi connectivity index (χ3n) is 4.69. The average molecular weight is 224 g/mol. The summed E-state index contributed by atoms with van der Waals surface area (Å²) in [5.41, 5.74) is 0. The van der Waals surface area contributed by atoms with Gasteiger partial charge in [-0.25, -0.2) is 0 Å². The molecule has 0 amide bonds. The quantitative estimate of drug-likeness (QED) is 0.790. The maximum Gasteiger partial charge on any atom is 0.0252 e. The van der Waals surface area contributed by atoms with Crippen LogP contribution in [0.5, 0.6) is 0 Å². The van der Waals surface area contributed by atoms with E-state index < -0.39 is 0 Å². The van der Waals surface area contributed by atoms with Gasteiger partial charge in [-0.3, -0.25) is 4.90 Å². The fourth-order valence-electron chi connectivity index (χ4n) is 3.84. The molecule has 2 atom stereocenters. The summed E-state index contributed by atoms with van der Waals surface area (Å²) >= 11 is 0. The van der Waals surface area contributed by atoms with Gasteiger partial charge in [0.25, 0.3) is 0 Å². The Kier molecular flexibility index (Phi) is 4.66. The zero-order chi connectivity index (χ0) is 11.4. The lowest BCUT2D eigenvalue weighted by Crippen LogP contribution is -2.53. The summed E-state index contributed by atoms with van der Waals surface area (Å²) in [7, 11) is 2.14. The molecule has 2 unspecified atom stereocenters. The van der Waals surface area contributed by atoms with Gasteiger partial charge in [0.15, 0.2) is 0 Å². The SMILES string of the molecule is CCN(C1CCCC1)C1CCCCC1NC. The molecule has 0 aromatic carbocycles. The standard InChI is InChI=1S/C14H28N2/c1-3-16(12-8-4-5-9-12)14-11-7-6-10-13(14)15-2/h12-15H,3-11H2,1-2H3. The molecule has 0 aromatic heterocycles. The van der Waals surface area contributed by atoms with Gasteiger partial charge in [0.05, 0.1) is 0 Å². The van der Waals surface area contributed by atoms with Crippen molar-refractivity contribution in [1.82, 2.24) is 10.2 Å². The highest BCUT2D eigenvalue weighted by Gasteiger charge is 2.33. The Balaban J connectivity index is 1.99. The van der Waals surface area contributed by atoms with Crippen molar-refractivity contribution in [2.45, 2.75) is 76.4 Å². The molecule has 0 saturated heterocycles. The molecule has 94 valence electrons. The van der Waals surface area contributed by atoms with Crippen LogP contribution in [0.4, 0.5) is 0 Å². The summed E-state index contributed by atoms with van der Waals surface area (Å²) in [5.74, 6) is 0. The number of rotatable bonds is 4. The van der Waals surface area contributed by atoms with Crippen molar-refractivity contribution in [2.75, 3.05) is 13.6 Å². The van der Waals surface area contributed by atoms with Crippen LogP contribution >= 0.6 is 0 Å². The average Bonchev–Trinajstić information content (AvgIpc) is 2.84. The maximum atomic E-state index is 3.55. The van der Waals surface area contributed by atoms with Crippen LogP contribution in [0.1, 0.15) is 58.3 Å². The second-order valence-corrected chi connectivity index (χ2v) is 5.52. The smallest absolute Gasteiger partial charge is 0.0252 e. The fraction of sp³-hybridized carbons (Fsp3) is 1.00. The lowest BCUT2D eigenvalue weighted by molar-refractivity contribution is 0.0881. The molecule has 0 aromatic rings. The van der Waals surface area contributed by atoms with E-state index >= 15 is 0 Å². The van der Waals surface area contributed by atoms with Crippen LogP contribution in [-0.4, -0.2) is 36.6 Å². The number of hydrogen-bond donors (Lipinski definition) is 1. The molecule has 2 saturated carbocycles. The monoisotopic (exact) mass is 224 g/mol. The van der Waals surface area contributed by atoms with Gasteiger partial charge < -0.3 is 5.32 Å². The molecule has 16 heavy (non-hydrogen) atoms. The first-order chi connectivity index (χ1) is 7.86. The topological polar surface area (TPSA) is 15.3 Å². The normalized spacial score (nSPS) is 32.4. The first-order valence-corrected chi connectivity index (χ1v) is 7.29. The van der Waals surface area contributed by atoms with E-state index in [9.17, 15) is 0 Å². The number of nitrogens with zero attached hydrogens (tertiary/aromatic N) is 1. The van der Waals surface area contributed by atoms with E-state index in [1.54, 1.807) is 0 Å². The Morgan fingerprint density at radius 1 is 1.00 bits per heavy atom. The van der Waals surface area contributed by atoms with Crippen molar-refractivity contribution in [3.8, 4) is 0 Å². The molecular weight excluding hydrogens is 196 g/mol. The van der Waals surface area contributed by atoms with Crippen LogP contribution in [0.15, 0.2) is 0 Å². The molecule has 0 aliphatic heterocycles. The Bertz CT molecular complexity index is 197. The van der Waals surface area contributed by atoms with Gasteiger partial charge in [-0.15, -0.1) is 0 Å². The van der Waals surface area contributed by atoms with Crippen LogP contribution in [0.25, 0.3) is 0 Å². The molecule has 1 N–H and O–H groups in total. The first kappa shape index (κ1) is 12.4. The molecule has 2 aliphatic rings. The maximum absolute atomic E-state index is 3.55. The lowest BCUT2D eigenvalue weighted by Gasteiger charge is -2.42. The second-order valence-electron chi connectivity index (χ2n) is 5.52. The van der Waals surface area contributed by atoms with E-state index in [4.69, 9.17) is 0 Å². The van der Waals surface area contributed by atoms with Gasteiger partial charge >= 0.3 is 0 Å². The largest absolute Gasteiger partial charge is 0.315 e. The second kappa shape index (κ2) is 6.02. The molecule has 0 radical (unpaired) electrons. The molecule has 2 nitrogen and oxygen atoms in total. The molecule has 2 aliphatic carbocycles. The predicted octanol–water partition coefficient (Wildman–Crippen LogP) is 2.78. The molecule has 2 rings (SSSR count). The fourth-order valence-corrected chi connectivity index (χ4v) is 3.84. The van der Waals surface area contributed by atoms with Gasteiger partial charge in [-0.2, -0.15) is 0 Å². The van der Waals surface area contributed by atoms with Crippen molar-refractivity contribution in [3.63, 3.8) is 0 Å². The summed E-state index contributed by atoms with van der Waals surface area (Å²) in [6.07, 6.45) is 11.5. The van der Waals surface area contributed by atoms with Crippen LogP contribution < -0.4 is 5.32 Å². The molecule has 2 fully saturated rings. The summed E-state index contributed by atoms with van der Waals surface area (Å²) in [6.45, 7) is 3.59. The minimum absolute atomic E-state index is 0.745. The van der Waals surface area contributed by atoms with E-state index in [1.165, 1.54) is 57.9 Å². The van der Waals surface area contributed by atoms with Gasteiger partial charge in [-0.1, -0.05) is 32.6 Å². The minimum atomic E-state index is 0.745. The van der Waals surface area contributed by atoms with Crippen LogP contribution in [-0.2, 0) is 0 Å². The highest BCUT2D eigenvalue weighted by molar-refractivity contribution is 4.91. The van der Waals surface area contributed by atoms with E-state index in [1.807, 2.05) is 0 Å². The van der Waals surface area contributed by atoms with Crippen LogP contribution in [0, 0.1) is 0 Å². The Morgan fingerprint density at radius 3 is 2.25 bits per heavy atom. The molecule has 0 spiro atoms. The van der Waals surface area contributed by atoms with E-state index in [-0.39, 0.29) is 0 Å². The summed E-state index contributed by atoms with van der Waals surface area (Å²) in [6, 6.07) is 2.45. The van der Waals surface area contributed by atoms with Crippen LogP contribution in [0.3, 0.4) is 0 Å². The number of hydrogen-bond acceptors (Lipinski definition) is 2. The molecule has 2 heteroatoms. The van der Waals surface area contributed by atoms with Gasteiger partial charge in [0.2, 0.25) is 0 Å². The lowest BCUT2D eigenvalue weighted by atomic mass is 9.88. The van der Waals surface area contributed by atoms with Gasteiger partial charge in [0, 0.05) is 18.1 Å². The molecule has 0 bridgehead atoms. The van der Waals surface area contributed by atoms with Crippen molar-refractivity contribution < 1.29 is 0 Å².